The molecule has 1 aromatic rings. The van der Waals surface area contributed by atoms with Crippen molar-refractivity contribution in [3.63, 3.8) is 0 Å². The summed E-state index contributed by atoms with van der Waals surface area (Å²) in [5.41, 5.74) is 0.192. The van der Waals surface area contributed by atoms with Crippen molar-refractivity contribution in [3.05, 3.63) is 24.2 Å². The zero-order valence-electron chi connectivity index (χ0n) is 10.5. The molecule has 16 heavy (non-hydrogen) atoms. The fourth-order valence-corrected chi connectivity index (χ4v) is 2.34. The topological polar surface area (TPSA) is 28.4 Å². The molecule has 1 aliphatic rings. The van der Waals surface area contributed by atoms with Crippen LogP contribution in [0.25, 0.3) is 0 Å². The Bertz CT molecular complexity index is 319. The summed E-state index contributed by atoms with van der Waals surface area (Å²) in [5, 5.41) is 3.59. The summed E-state index contributed by atoms with van der Waals surface area (Å²) in [5.74, 6) is 1.06. The van der Waals surface area contributed by atoms with Gasteiger partial charge in [-0.1, -0.05) is 0 Å². The van der Waals surface area contributed by atoms with Gasteiger partial charge in [0.05, 0.1) is 12.8 Å². The maximum Gasteiger partial charge on any atom is 0.117 e. The first kappa shape index (κ1) is 11.7. The predicted octanol–water partition coefficient (Wildman–Crippen LogP) is 2.24. The fourth-order valence-electron chi connectivity index (χ4n) is 2.34. The summed E-state index contributed by atoms with van der Waals surface area (Å²) in [6, 6.07) is 4.62. The molecule has 1 unspecified atom stereocenters. The molecule has 0 amide bonds. The monoisotopic (exact) mass is 222 g/mol. The lowest BCUT2D eigenvalue weighted by Gasteiger charge is -2.32. The SMILES string of the molecule is CC1CCNC(C)(C)CN1Cc1ccco1. The van der Waals surface area contributed by atoms with Gasteiger partial charge in [-0.2, -0.15) is 0 Å². The molecule has 0 aliphatic carbocycles. The minimum absolute atomic E-state index is 0.192. The van der Waals surface area contributed by atoms with E-state index in [1.54, 1.807) is 6.26 Å². The molecule has 3 heteroatoms. The van der Waals surface area contributed by atoms with E-state index in [4.69, 9.17) is 4.42 Å². The van der Waals surface area contributed by atoms with Gasteiger partial charge in [0, 0.05) is 18.1 Å². The number of nitrogens with one attached hydrogen (secondary N) is 1. The Balaban J connectivity index is 2.05. The minimum Gasteiger partial charge on any atom is -0.468 e. The van der Waals surface area contributed by atoms with Crippen LogP contribution in [0.4, 0.5) is 0 Å². The Labute approximate surface area is 97.8 Å². The van der Waals surface area contributed by atoms with Crippen molar-refractivity contribution >= 4 is 0 Å². The second-order valence-corrected chi connectivity index (χ2v) is 5.43. The van der Waals surface area contributed by atoms with Gasteiger partial charge >= 0.3 is 0 Å². The van der Waals surface area contributed by atoms with Crippen LogP contribution >= 0.6 is 0 Å². The van der Waals surface area contributed by atoms with Crippen molar-refractivity contribution in [1.82, 2.24) is 10.2 Å². The second kappa shape index (κ2) is 4.60. The van der Waals surface area contributed by atoms with E-state index >= 15 is 0 Å². The molecule has 0 spiro atoms. The summed E-state index contributed by atoms with van der Waals surface area (Å²) in [7, 11) is 0. The van der Waals surface area contributed by atoms with Gasteiger partial charge in [-0.05, 0) is 45.9 Å². The molecule has 0 bridgehead atoms. The van der Waals surface area contributed by atoms with Crippen molar-refractivity contribution < 1.29 is 4.42 Å². The van der Waals surface area contributed by atoms with E-state index in [1.165, 1.54) is 6.42 Å². The zero-order valence-corrected chi connectivity index (χ0v) is 10.5. The maximum absolute atomic E-state index is 5.43. The van der Waals surface area contributed by atoms with Gasteiger partial charge in [-0.15, -0.1) is 0 Å². The quantitative estimate of drug-likeness (QED) is 0.832. The molecule has 0 radical (unpaired) electrons. The molecule has 0 aromatic carbocycles. The molecule has 90 valence electrons. The third-order valence-corrected chi connectivity index (χ3v) is 3.33. The maximum atomic E-state index is 5.43. The number of hydrogen-bond donors (Lipinski definition) is 1. The van der Waals surface area contributed by atoms with Gasteiger partial charge in [0.1, 0.15) is 5.76 Å². The average Bonchev–Trinajstić information content (AvgIpc) is 2.64. The first-order valence-electron chi connectivity index (χ1n) is 6.08. The Morgan fingerprint density at radius 3 is 3.06 bits per heavy atom. The number of hydrogen-bond acceptors (Lipinski definition) is 3. The Kier molecular flexibility index (Phi) is 3.36. The van der Waals surface area contributed by atoms with E-state index in [9.17, 15) is 0 Å². The van der Waals surface area contributed by atoms with E-state index in [-0.39, 0.29) is 5.54 Å². The summed E-state index contributed by atoms with van der Waals surface area (Å²) in [6.07, 6.45) is 2.95. The van der Waals surface area contributed by atoms with Crippen molar-refractivity contribution in [2.75, 3.05) is 13.1 Å². The molecule has 2 heterocycles. The Morgan fingerprint density at radius 1 is 1.56 bits per heavy atom. The molecule has 1 fully saturated rings. The highest BCUT2D eigenvalue weighted by Crippen LogP contribution is 2.18. The molecule has 1 saturated heterocycles. The van der Waals surface area contributed by atoms with E-state index < -0.39 is 0 Å². The van der Waals surface area contributed by atoms with Gasteiger partial charge in [0.25, 0.3) is 0 Å². The molecular weight excluding hydrogens is 200 g/mol. The number of nitrogens with zero attached hydrogens (tertiary/aromatic N) is 1. The Morgan fingerprint density at radius 2 is 2.38 bits per heavy atom. The van der Waals surface area contributed by atoms with Crippen LogP contribution in [0.5, 0.6) is 0 Å². The zero-order chi connectivity index (χ0) is 11.6. The molecule has 1 aliphatic heterocycles. The van der Waals surface area contributed by atoms with Crippen LogP contribution in [0.2, 0.25) is 0 Å². The van der Waals surface area contributed by atoms with Crippen LogP contribution in [0.15, 0.2) is 22.8 Å². The summed E-state index contributed by atoms with van der Waals surface area (Å²) >= 11 is 0. The third-order valence-electron chi connectivity index (χ3n) is 3.33. The van der Waals surface area contributed by atoms with Gasteiger partial charge in [-0.3, -0.25) is 4.90 Å². The summed E-state index contributed by atoms with van der Waals surface area (Å²) in [6.45, 7) is 9.91. The number of furan rings is 1. The molecule has 2 rings (SSSR count). The van der Waals surface area contributed by atoms with E-state index in [1.807, 2.05) is 6.07 Å². The first-order valence-corrected chi connectivity index (χ1v) is 6.08. The van der Waals surface area contributed by atoms with E-state index in [0.717, 1.165) is 25.4 Å². The van der Waals surface area contributed by atoms with Crippen LogP contribution in [-0.2, 0) is 6.54 Å². The second-order valence-electron chi connectivity index (χ2n) is 5.43. The lowest BCUT2D eigenvalue weighted by Crippen LogP contribution is -2.47. The molecular formula is C13H22N2O. The molecule has 1 aromatic heterocycles. The summed E-state index contributed by atoms with van der Waals surface area (Å²) < 4.78 is 5.43. The van der Waals surface area contributed by atoms with Crippen molar-refractivity contribution in [3.8, 4) is 0 Å². The average molecular weight is 222 g/mol. The van der Waals surface area contributed by atoms with E-state index in [0.29, 0.717) is 6.04 Å². The third kappa shape index (κ3) is 2.86. The normalized spacial score (nSPS) is 26.6. The van der Waals surface area contributed by atoms with E-state index in [2.05, 4.69) is 37.1 Å². The molecule has 0 saturated carbocycles. The van der Waals surface area contributed by atoms with Crippen molar-refractivity contribution in [2.24, 2.45) is 0 Å². The lowest BCUT2D eigenvalue weighted by atomic mass is 10.1. The highest BCUT2D eigenvalue weighted by atomic mass is 16.3. The highest BCUT2D eigenvalue weighted by molar-refractivity contribution is 4.99. The lowest BCUT2D eigenvalue weighted by molar-refractivity contribution is 0.161. The highest BCUT2D eigenvalue weighted by Gasteiger charge is 2.28. The summed E-state index contributed by atoms with van der Waals surface area (Å²) in [4.78, 5) is 2.50. The minimum atomic E-state index is 0.192. The predicted molar refractivity (Wildman–Crippen MR) is 65.3 cm³/mol. The van der Waals surface area contributed by atoms with Crippen LogP contribution in [-0.4, -0.2) is 29.6 Å². The molecule has 1 N–H and O–H groups in total. The van der Waals surface area contributed by atoms with Crippen molar-refractivity contribution in [1.29, 1.82) is 0 Å². The molecule has 3 nitrogen and oxygen atoms in total. The van der Waals surface area contributed by atoms with Crippen LogP contribution in [0.3, 0.4) is 0 Å². The smallest absolute Gasteiger partial charge is 0.117 e. The van der Waals surface area contributed by atoms with Gasteiger partial charge in [0.15, 0.2) is 0 Å². The largest absolute Gasteiger partial charge is 0.468 e. The molecule has 1 atom stereocenters. The first-order chi connectivity index (χ1) is 7.57. The van der Waals surface area contributed by atoms with Gasteiger partial charge < -0.3 is 9.73 Å². The number of rotatable bonds is 2. The van der Waals surface area contributed by atoms with Crippen molar-refractivity contribution in [2.45, 2.75) is 45.3 Å². The van der Waals surface area contributed by atoms with Gasteiger partial charge in [-0.25, -0.2) is 0 Å². The van der Waals surface area contributed by atoms with Gasteiger partial charge in [0.2, 0.25) is 0 Å². The fraction of sp³-hybridized carbons (Fsp3) is 0.692. The standard InChI is InChI=1S/C13H22N2O/c1-11-6-7-14-13(2,3)10-15(11)9-12-5-4-8-16-12/h4-5,8,11,14H,6-7,9-10H2,1-3H3. The Hall–Kier alpha value is -0.800. The van der Waals surface area contributed by atoms with Crippen LogP contribution < -0.4 is 5.32 Å². The van der Waals surface area contributed by atoms with Crippen LogP contribution in [0, 0.1) is 0 Å². The van der Waals surface area contributed by atoms with Crippen LogP contribution in [0.1, 0.15) is 33.0 Å².